The predicted octanol–water partition coefficient (Wildman–Crippen LogP) is 10.3. The molecular formula is C37H64O5. The van der Waals surface area contributed by atoms with Crippen LogP contribution in [0.3, 0.4) is 0 Å². The van der Waals surface area contributed by atoms with Crippen molar-refractivity contribution in [2.75, 3.05) is 13.2 Å². The molecule has 42 heavy (non-hydrogen) atoms. The molecule has 0 fully saturated rings. The molecule has 0 saturated carbocycles. The van der Waals surface area contributed by atoms with Gasteiger partial charge in [-0.2, -0.15) is 0 Å². The van der Waals surface area contributed by atoms with Crippen LogP contribution in [0.2, 0.25) is 0 Å². The first-order valence-corrected chi connectivity index (χ1v) is 17.2. The third-order valence-electron chi connectivity index (χ3n) is 7.10. The van der Waals surface area contributed by atoms with Crippen molar-refractivity contribution in [3.63, 3.8) is 0 Å². The van der Waals surface area contributed by atoms with Gasteiger partial charge in [0.2, 0.25) is 0 Å². The highest BCUT2D eigenvalue weighted by molar-refractivity contribution is 5.70. The summed E-state index contributed by atoms with van der Waals surface area (Å²) in [6.07, 6.45) is 40.1. The molecule has 1 N–H and O–H groups in total. The highest BCUT2D eigenvalue weighted by Gasteiger charge is 2.16. The highest BCUT2D eigenvalue weighted by atomic mass is 16.6. The van der Waals surface area contributed by atoms with Crippen LogP contribution in [0.1, 0.15) is 155 Å². The SMILES string of the molecule is CCCC/C=C/C/C=C/CCCCCCCC(=O)OC[C@H](CO)OC(=O)CCCCCCC/C=C/C/C=C/CCCC. The maximum atomic E-state index is 12.1. The minimum absolute atomic E-state index is 0.0801. The second-order valence-corrected chi connectivity index (χ2v) is 11.2. The molecule has 0 amide bonds. The lowest BCUT2D eigenvalue weighted by Crippen LogP contribution is -2.28. The number of aliphatic hydroxyl groups is 1. The number of ether oxygens (including phenoxy) is 2. The lowest BCUT2D eigenvalue weighted by molar-refractivity contribution is -0.161. The number of rotatable bonds is 30. The maximum Gasteiger partial charge on any atom is 0.306 e. The second kappa shape index (κ2) is 33.4. The van der Waals surface area contributed by atoms with Crippen molar-refractivity contribution in [2.45, 2.75) is 161 Å². The minimum Gasteiger partial charge on any atom is -0.462 e. The Hall–Kier alpha value is -2.14. The van der Waals surface area contributed by atoms with Gasteiger partial charge in [-0.1, -0.05) is 127 Å². The fraction of sp³-hybridized carbons (Fsp3) is 0.730. The van der Waals surface area contributed by atoms with E-state index in [-0.39, 0.29) is 25.2 Å². The molecule has 0 unspecified atom stereocenters. The van der Waals surface area contributed by atoms with Crippen LogP contribution in [-0.2, 0) is 19.1 Å². The molecule has 0 aromatic rings. The molecule has 1 atom stereocenters. The van der Waals surface area contributed by atoms with Gasteiger partial charge < -0.3 is 14.6 Å². The monoisotopic (exact) mass is 588 g/mol. The zero-order valence-electron chi connectivity index (χ0n) is 27.2. The molecule has 0 spiro atoms. The molecule has 5 heteroatoms. The van der Waals surface area contributed by atoms with Gasteiger partial charge in [0.25, 0.3) is 0 Å². The van der Waals surface area contributed by atoms with Crippen LogP contribution in [0, 0.1) is 0 Å². The third kappa shape index (κ3) is 30.8. The average molecular weight is 589 g/mol. The molecule has 0 aliphatic carbocycles. The minimum atomic E-state index is -0.783. The largest absolute Gasteiger partial charge is 0.462 e. The Bertz CT molecular complexity index is 722. The normalized spacial score (nSPS) is 12.7. The number of hydrogen-bond donors (Lipinski definition) is 1. The van der Waals surface area contributed by atoms with Crippen molar-refractivity contribution < 1.29 is 24.2 Å². The first kappa shape index (κ1) is 39.9. The zero-order valence-corrected chi connectivity index (χ0v) is 27.2. The van der Waals surface area contributed by atoms with Gasteiger partial charge in [0.15, 0.2) is 6.10 Å². The smallest absolute Gasteiger partial charge is 0.306 e. The molecule has 242 valence electrons. The maximum absolute atomic E-state index is 12.1. The van der Waals surface area contributed by atoms with Gasteiger partial charge in [0.05, 0.1) is 6.61 Å². The van der Waals surface area contributed by atoms with Gasteiger partial charge in [-0.05, 0) is 64.2 Å². The standard InChI is InChI=1S/C37H64O5/c1-3-5-7-9-11-13-15-17-19-21-23-25-27-29-31-36(39)41-34-35(33-38)42-37(40)32-30-28-26-24-22-20-18-16-14-12-10-8-6-4-2/h9-12,15-18,35,38H,3-8,13-14,19-34H2,1-2H3/b11-9+,12-10+,17-15+,18-16+/t35-/m0/s1. The lowest BCUT2D eigenvalue weighted by atomic mass is 10.1. The van der Waals surface area contributed by atoms with Crippen LogP contribution in [0.15, 0.2) is 48.6 Å². The third-order valence-corrected chi connectivity index (χ3v) is 7.10. The summed E-state index contributed by atoms with van der Waals surface area (Å²) in [7, 11) is 0. The van der Waals surface area contributed by atoms with E-state index in [2.05, 4.69) is 62.5 Å². The number of hydrogen-bond acceptors (Lipinski definition) is 5. The quantitative estimate of drug-likeness (QED) is 0.0513. The fourth-order valence-corrected chi connectivity index (χ4v) is 4.41. The molecule has 0 aliphatic heterocycles. The van der Waals surface area contributed by atoms with E-state index in [1.54, 1.807) is 0 Å². The van der Waals surface area contributed by atoms with E-state index < -0.39 is 6.10 Å². The van der Waals surface area contributed by atoms with Gasteiger partial charge in [0, 0.05) is 12.8 Å². The Kier molecular flexibility index (Phi) is 31.7. The Labute approximate surface area is 258 Å². The van der Waals surface area contributed by atoms with Crippen molar-refractivity contribution in [1.82, 2.24) is 0 Å². The molecule has 0 rings (SSSR count). The van der Waals surface area contributed by atoms with E-state index in [9.17, 15) is 14.7 Å². The van der Waals surface area contributed by atoms with Crippen molar-refractivity contribution in [3.05, 3.63) is 48.6 Å². The van der Waals surface area contributed by atoms with Gasteiger partial charge >= 0.3 is 11.9 Å². The summed E-state index contributed by atoms with van der Waals surface area (Å²) in [6.45, 7) is 4.01. The van der Waals surface area contributed by atoms with Gasteiger partial charge in [-0.3, -0.25) is 9.59 Å². The van der Waals surface area contributed by atoms with Crippen molar-refractivity contribution in [3.8, 4) is 0 Å². The molecular weight excluding hydrogens is 524 g/mol. The van der Waals surface area contributed by atoms with Crippen molar-refractivity contribution in [2.24, 2.45) is 0 Å². The molecule has 0 aromatic carbocycles. The summed E-state index contributed by atoms with van der Waals surface area (Å²) in [6, 6.07) is 0. The zero-order chi connectivity index (χ0) is 30.8. The van der Waals surface area contributed by atoms with E-state index in [1.807, 2.05) is 0 Å². The van der Waals surface area contributed by atoms with E-state index in [4.69, 9.17) is 9.47 Å². The number of allylic oxidation sites excluding steroid dienone is 8. The average Bonchev–Trinajstić information content (AvgIpc) is 2.99. The Morgan fingerprint density at radius 1 is 0.548 bits per heavy atom. The summed E-state index contributed by atoms with van der Waals surface area (Å²) in [5.41, 5.74) is 0. The number of carbonyl (C=O) groups is 2. The second-order valence-electron chi connectivity index (χ2n) is 11.2. The van der Waals surface area contributed by atoms with Crippen molar-refractivity contribution in [1.29, 1.82) is 0 Å². The van der Waals surface area contributed by atoms with Crippen LogP contribution in [0.25, 0.3) is 0 Å². The molecule has 0 aromatic heterocycles. The van der Waals surface area contributed by atoms with Crippen LogP contribution in [0.5, 0.6) is 0 Å². The number of esters is 2. The van der Waals surface area contributed by atoms with Crippen LogP contribution >= 0.6 is 0 Å². The molecule has 5 nitrogen and oxygen atoms in total. The topological polar surface area (TPSA) is 72.8 Å². The van der Waals surface area contributed by atoms with E-state index in [1.165, 1.54) is 57.8 Å². The molecule has 0 saturated heterocycles. The van der Waals surface area contributed by atoms with Gasteiger partial charge in [-0.25, -0.2) is 0 Å². The number of unbranched alkanes of at least 4 members (excludes halogenated alkanes) is 14. The van der Waals surface area contributed by atoms with Crippen LogP contribution in [-0.4, -0.2) is 36.4 Å². The first-order chi connectivity index (χ1) is 20.6. The van der Waals surface area contributed by atoms with Gasteiger partial charge in [-0.15, -0.1) is 0 Å². The number of aliphatic hydroxyl groups excluding tert-OH is 1. The van der Waals surface area contributed by atoms with Crippen molar-refractivity contribution >= 4 is 11.9 Å². The van der Waals surface area contributed by atoms with E-state index in [0.717, 1.165) is 70.6 Å². The molecule has 0 aliphatic rings. The van der Waals surface area contributed by atoms with Gasteiger partial charge in [0.1, 0.15) is 6.61 Å². The fourth-order valence-electron chi connectivity index (χ4n) is 4.41. The predicted molar refractivity (Wildman–Crippen MR) is 177 cm³/mol. The highest BCUT2D eigenvalue weighted by Crippen LogP contribution is 2.11. The van der Waals surface area contributed by atoms with E-state index in [0.29, 0.717) is 12.8 Å². The first-order valence-electron chi connectivity index (χ1n) is 17.2. The number of carbonyl (C=O) groups excluding carboxylic acids is 2. The molecule has 0 radical (unpaired) electrons. The lowest BCUT2D eigenvalue weighted by Gasteiger charge is -2.15. The summed E-state index contributed by atoms with van der Waals surface area (Å²) in [5.74, 6) is -0.629. The Balaban J connectivity index is 3.65. The summed E-state index contributed by atoms with van der Waals surface area (Å²) in [5, 5.41) is 9.50. The van der Waals surface area contributed by atoms with Crippen LogP contribution < -0.4 is 0 Å². The Morgan fingerprint density at radius 2 is 0.952 bits per heavy atom. The summed E-state index contributed by atoms with van der Waals surface area (Å²) < 4.78 is 10.5. The summed E-state index contributed by atoms with van der Waals surface area (Å²) in [4.78, 5) is 24.1. The molecule has 0 bridgehead atoms. The summed E-state index contributed by atoms with van der Waals surface area (Å²) >= 11 is 0. The van der Waals surface area contributed by atoms with Crippen LogP contribution in [0.4, 0.5) is 0 Å². The Morgan fingerprint density at radius 3 is 1.40 bits per heavy atom. The van der Waals surface area contributed by atoms with E-state index >= 15 is 0 Å². The molecule has 0 heterocycles.